The Balaban J connectivity index is 2.19. The van der Waals surface area contributed by atoms with Crippen LogP contribution in [0.3, 0.4) is 0 Å². The second-order valence-corrected chi connectivity index (χ2v) is 4.96. The van der Waals surface area contributed by atoms with E-state index in [4.69, 9.17) is 0 Å². The number of hydrogen-bond acceptors (Lipinski definition) is 2. The van der Waals surface area contributed by atoms with Gasteiger partial charge in [0.1, 0.15) is 0 Å². The van der Waals surface area contributed by atoms with Gasteiger partial charge in [-0.15, -0.1) is 0 Å². The topological polar surface area (TPSA) is 29.1 Å². The molecule has 1 unspecified atom stereocenters. The van der Waals surface area contributed by atoms with E-state index in [1.807, 2.05) is 13.0 Å². The maximum Gasteiger partial charge on any atom is 0.165 e. The van der Waals surface area contributed by atoms with E-state index in [1.54, 1.807) is 0 Å². The molecule has 0 aromatic heterocycles. The Bertz CT molecular complexity index is 411. The number of rotatable bonds is 4. The number of nitrogens with one attached hydrogen (secondary N) is 1. The minimum Gasteiger partial charge on any atom is -0.312 e. The van der Waals surface area contributed by atoms with Crippen molar-refractivity contribution < 1.29 is 4.79 Å². The summed E-state index contributed by atoms with van der Waals surface area (Å²) in [5, 5.41) is 3.35. The quantitative estimate of drug-likeness (QED) is 0.807. The predicted molar refractivity (Wildman–Crippen MR) is 70.3 cm³/mol. The number of fused-ring (bicyclic) bond motifs is 1. The highest BCUT2D eigenvalue weighted by Gasteiger charge is 2.16. The number of carbonyl (C=O) groups is 1. The van der Waals surface area contributed by atoms with Crippen LogP contribution in [0.25, 0.3) is 0 Å². The molecule has 1 aliphatic rings. The van der Waals surface area contributed by atoms with Crippen molar-refractivity contribution in [1.82, 2.24) is 5.32 Å². The fourth-order valence-corrected chi connectivity index (χ4v) is 2.48. The molecule has 0 spiro atoms. The molecule has 1 aromatic carbocycles. The number of ketones is 1. The standard InChI is InChI=1S/C15H21NO/c1-3-4-11(2)15(17)13-6-5-12-7-8-16-10-14(12)9-13/h5-6,9,11,16H,3-4,7-8,10H2,1-2H3. The lowest BCUT2D eigenvalue weighted by atomic mass is 9.91. The summed E-state index contributed by atoms with van der Waals surface area (Å²) in [5.41, 5.74) is 3.57. The zero-order valence-electron chi connectivity index (χ0n) is 10.8. The van der Waals surface area contributed by atoms with E-state index < -0.39 is 0 Å². The number of Topliss-reactive ketones (excluding diaryl/α,β-unsaturated/α-hetero) is 1. The highest BCUT2D eigenvalue weighted by molar-refractivity contribution is 5.97. The summed E-state index contributed by atoms with van der Waals surface area (Å²) < 4.78 is 0. The Kier molecular flexibility index (Phi) is 3.95. The molecule has 1 atom stereocenters. The lowest BCUT2D eigenvalue weighted by Gasteiger charge is -2.18. The lowest BCUT2D eigenvalue weighted by molar-refractivity contribution is 0.0923. The van der Waals surface area contributed by atoms with Gasteiger partial charge < -0.3 is 5.32 Å². The van der Waals surface area contributed by atoms with Crippen LogP contribution in [0.4, 0.5) is 0 Å². The Morgan fingerprint density at radius 3 is 3.00 bits per heavy atom. The van der Waals surface area contributed by atoms with E-state index in [1.165, 1.54) is 11.1 Å². The molecule has 0 saturated heterocycles. The molecule has 0 bridgehead atoms. The van der Waals surface area contributed by atoms with Gasteiger partial charge >= 0.3 is 0 Å². The highest BCUT2D eigenvalue weighted by atomic mass is 16.1. The third kappa shape index (κ3) is 2.75. The van der Waals surface area contributed by atoms with Crippen molar-refractivity contribution in [3.05, 3.63) is 34.9 Å². The van der Waals surface area contributed by atoms with Crippen molar-refractivity contribution in [1.29, 1.82) is 0 Å². The van der Waals surface area contributed by atoms with Crippen LogP contribution in [0.2, 0.25) is 0 Å². The minimum atomic E-state index is 0.148. The summed E-state index contributed by atoms with van der Waals surface area (Å²) in [5.74, 6) is 0.440. The number of benzene rings is 1. The molecule has 1 heterocycles. The van der Waals surface area contributed by atoms with Gasteiger partial charge in [-0.05, 0) is 36.6 Å². The molecule has 17 heavy (non-hydrogen) atoms. The first-order valence-electron chi connectivity index (χ1n) is 6.59. The van der Waals surface area contributed by atoms with Crippen LogP contribution in [0.5, 0.6) is 0 Å². The molecule has 92 valence electrons. The third-order valence-corrected chi connectivity index (χ3v) is 3.55. The smallest absolute Gasteiger partial charge is 0.165 e. The van der Waals surface area contributed by atoms with Crippen LogP contribution in [0, 0.1) is 5.92 Å². The van der Waals surface area contributed by atoms with Crippen LogP contribution >= 0.6 is 0 Å². The molecule has 0 fully saturated rings. The number of hydrogen-bond donors (Lipinski definition) is 1. The molecule has 2 heteroatoms. The first-order chi connectivity index (χ1) is 8.22. The number of carbonyl (C=O) groups excluding carboxylic acids is 1. The molecular formula is C15H21NO. The van der Waals surface area contributed by atoms with Gasteiger partial charge in [0.05, 0.1) is 0 Å². The normalized spacial score (nSPS) is 16.4. The first-order valence-corrected chi connectivity index (χ1v) is 6.59. The van der Waals surface area contributed by atoms with Gasteiger partial charge in [0, 0.05) is 18.0 Å². The summed E-state index contributed by atoms with van der Waals surface area (Å²) in [6.07, 6.45) is 3.13. The van der Waals surface area contributed by atoms with Crippen molar-refractivity contribution in [2.45, 2.75) is 39.7 Å². The predicted octanol–water partition coefficient (Wildman–Crippen LogP) is 2.95. The molecule has 1 N–H and O–H groups in total. The van der Waals surface area contributed by atoms with Crippen LogP contribution in [0.15, 0.2) is 18.2 Å². The Labute approximate surface area is 103 Å². The molecule has 1 aliphatic heterocycles. The summed E-state index contributed by atoms with van der Waals surface area (Å²) in [4.78, 5) is 12.2. The molecule has 0 radical (unpaired) electrons. The zero-order chi connectivity index (χ0) is 12.3. The van der Waals surface area contributed by atoms with Gasteiger partial charge in [-0.25, -0.2) is 0 Å². The molecule has 0 aliphatic carbocycles. The van der Waals surface area contributed by atoms with E-state index in [-0.39, 0.29) is 5.92 Å². The monoisotopic (exact) mass is 231 g/mol. The third-order valence-electron chi connectivity index (χ3n) is 3.55. The van der Waals surface area contributed by atoms with Crippen molar-refractivity contribution in [3.8, 4) is 0 Å². The molecule has 1 aromatic rings. The summed E-state index contributed by atoms with van der Waals surface area (Å²) in [6, 6.07) is 6.21. The van der Waals surface area contributed by atoms with Crippen LogP contribution in [-0.2, 0) is 13.0 Å². The molecular weight excluding hydrogens is 210 g/mol. The Morgan fingerprint density at radius 2 is 2.24 bits per heavy atom. The van der Waals surface area contributed by atoms with Crippen LogP contribution < -0.4 is 5.32 Å². The van der Waals surface area contributed by atoms with Crippen LogP contribution in [-0.4, -0.2) is 12.3 Å². The lowest BCUT2D eigenvalue weighted by Crippen LogP contribution is -2.24. The molecule has 2 rings (SSSR count). The Morgan fingerprint density at radius 1 is 1.41 bits per heavy atom. The van der Waals surface area contributed by atoms with Gasteiger partial charge in [-0.2, -0.15) is 0 Å². The second kappa shape index (κ2) is 5.46. The summed E-state index contributed by atoms with van der Waals surface area (Å²) in [6.45, 7) is 6.11. The van der Waals surface area contributed by atoms with Crippen molar-refractivity contribution in [2.75, 3.05) is 6.54 Å². The van der Waals surface area contributed by atoms with Gasteiger partial charge in [-0.1, -0.05) is 32.4 Å². The van der Waals surface area contributed by atoms with E-state index in [0.29, 0.717) is 5.78 Å². The van der Waals surface area contributed by atoms with E-state index in [0.717, 1.165) is 37.9 Å². The SMILES string of the molecule is CCCC(C)C(=O)c1ccc2c(c1)CNCC2. The second-order valence-electron chi connectivity index (χ2n) is 4.96. The van der Waals surface area contributed by atoms with Crippen LogP contribution in [0.1, 0.15) is 48.2 Å². The Hall–Kier alpha value is -1.15. The minimum absolute atomic E-state index is 0.148. The summed E-state index contributed by atoms with van der Waals surface area (Å²) >= 11 is 0. The average molecular weight is 231 g/mol. The molecule has 0 saturated carbocycles. The first kappa shape index (κ1) is 12.3. The van der Waals surface area contributed by atoms with E-state index in [9.17, 15) is 4.79 Å². The summed E-state index contributed by atoms with van der Waals surface area (Å²) in [7, 11) is 0. The fourth-order valence-electron chi connectivity index (χ4n) is 2.48. The molecule has 2 nitrogen and oxygen atoms in total. The average Bonchev–Trinajstić information content (AvgIpc) is 2.37. The van der Waals surface area contributed by atoms with Crippen molar-refractivity contribution in [2.24, 2.45) is 5.92 Å². The van der Waals surface area contributed by atoms with Gasteiger partial charge in [0.2, 0.25) is 0 Å². The van der Waals surface area contributed by atoms with Gasteiger partial charge in [0.25, 0.3) is 0 Å². The highest BCUT2D eigenvalue weighted by Crippen LogP contribution is 2.19. The maximum absolute atomic E-state index is 12.2. The van der Waals surface area contributed by atoms with Gasteiger partial charge in [-0.3, -0.25) is 4.79 Å². The van der Waals surface area contributed by atoms with Crippen molar-refractivity contribution in [3.63, 3.8) is 0 Å². The van der Waals surface area contributed by atoms with Gasteiger partial charge in [0.15, 0.2) is 5.78 Å². The maximum atomic E-state index is 12.2. The largest absolute Gasteiger partial charge is 0.312 e. The van der Waals surface area contributed by atoms with E-state index in [2.05, 4.69) is 24.4 Å². The van der Waals surface area contributed by atoms with E-state index >= 15 is 0 Å². The zero-order valence-corrected chi connectivity index (χ0v) is 10.8. The van der Waals surface area contributed by atoms with Crippen molar-refractivity contribution >= 4 is 5.78 Å². The fraction of sp³-hybridized carbons (Fsp3) is 0.533. The molecule has 0 amide bonds.